The van der Waals surface area contributed by atoms with E-state index in [1.54, 1.807) is 11.8 Å². The Labute approximate surface area is 204 Å². The van der Waals surface area contributed by atoms with Gasteiger partial charge in [0.15, 0.2) is 0 Å². The zero-order chi connectivity index (χ0) is 24.4. The van der Waals surface area contributed by atoms with Gasteiger partial charge in [-0.3, -0.25) is 9.69 Å². The molecule has 0 aliphatic carbocycles. The van der Waals surface area contributed by atoms with Crippen LogP contribution in [0.3, 0.4) is 0 Å². The summed E-state index contributed by atoms with van der Waals surface area (Å²) in [6.45, 7) is 19.5. The largest absolute Gasteiger partial charge is 0.333 e. The van der Waals surface area contributed by atoms with Gasteiger partial charge in [-0.2, -0.15) is 0 Å². The number of hydrogen-bond donors (Lipinski definition) is 1. The van der Waals surface area contributed by atoms with Crippen LogP contribution in [0.5, 0.6) is 0 Å². The van der Waals surface area contributed by atoms with Crippen LogP contribution in [0.15, 0.2) is 24.3 Å². The maximum Gasteiger partial charge on any atom is 0.317 e. The molecule has 0 saturated carbocycles. The molecule has 2 aliphatic rings. The fourth-order valence-corrected chi connectivity index (χ4v) is 5.74. The van der Waals surface area contributed by atoms with Gasteiger partial charge < -0.3 is 15.1 Å². The van der Waals surface area contributed by atoms with E-state index in [-0.39, 0.29) is 33.5 Å². The van der Waals surface area contributed by atoms with E-state index in [9.17, 15) is 9.59 Å². The molecule has 33 heavy (non-hydrogen) atoms. The monoisotopic (exact) mass is 474 g/mol. The fraction of sp³-hybridized carbons (Fsp3) is 0.692. The topological polar surface area (TPSA) is 55.9 Å². The van der Waals surface area contributed by atoms with Crippen molar-refractivity contribution in [2.45, 2.75) is 76.5 Å². The number of amides is 3. The molecule has 0 unspecified atom stereocenters. The summed E-state index contributed by atoms with van der Waals surface area (Å²) in [6.07, 6.45) is 0.859. The summed E-state index contributed by atoms with van der Waals surface area (Å²) in [5.74, 6) is 0.260. The van der Waals surface area contributed by atoms with E-state index in [2.05, 4.69) is 67.1 Å². The molecule has 2 atom stereocenters. The van der Waals surface area contributed by atoms with E-state index >= 15 is 0 Å². The zero-order valence-electron chi connectivity index (χ0n) is 21.5. The average molecular weight is 475 g/mol. The zero-order valence-corrected chi connectivity index (χ0v) is 22.3. The number of benzene rings is 1. The van der Waals surface area contributed by atoms with Gasteiger partial charge in [0.2, 0.25) is 5.91 Å². The van der Waals surface area contributed by atoms with Gasteiger partial charge >= 0.3 is 6.03 Å². The van der Waals surface area contributed by atoms with Crippen LogP contribution in [0.4, 0.5) is 4.79 Å². The van der Waals surface area contributed by atoms with Crippen LogP contribution in [-0.2, 0) is 10.2 Å². The number of nitrogens with zero attached hydrogens (tertiary/aromatic N) is 3. The second-order valence-corrected chi connectivity index (χ2v) is 12.6. The van der Waals surface area contributed by atoms with Crippen LogP contribution in [-0.4, -0.2) is 76.7 Å². The maximum absolute atomic E-state index is 13.1. The third kappa shape index (κ3) is 6.66. The van der Waals surface area contributed by atoms with E-state index in [0.29, 0.717) is 0 Å². The standard InChI is InChI=1S/C26H42N4O2S/c1-8-21-22(31)30(23(33-21)19-9-11-20(12-10-19)25(2,3)4)18-15-28-13-16-29(17-14-28)24(32)27-26(5,6)7/h9-12,21,23H,8,13-18H2,1-7H3,(H,27,32)/t21-,23+/m1/s1. The van der Waals surface area contributed by atoms with Gasteiger partial charge in [-0.15, -0.1) is 11.8 Å². The Bertz CT molecular complexity index is 820. The molecule has 0 aromatic heterocycles. The Kier molecular flexibility index (Phi) is 8.05. The molecule has 1 aromatic rings. The van der Waals surface area contributed by atoms with Crippen LogP contribution < -0.4 is 5.32 Å². The van der Waals surface area contributed by atoms with Crippen molar-refractivity contribution in [1.29, 1.82) is 0 Å². The highest BCUT2D eigenvalue weighted by atomic mass is 32.2. The highest BCUT2D eigenvalue weighted by Gasteiger charge is 2.40. The Hall–Kier alpha value is -1.73. The molecule has 184 valence electrons. The molecule has 6 nitrogen and oxygen atoms in total. The second kappa shape index (κ2) is 10.3. The highest BCUT2D eigenvalue weighted by molar-refractivity contribution is 8.01. The van der Waals surface area contributed by atoms with Crippen LogP contribution in [0.1, 0.15) is 71.4 Å². The molecule has 1 N–H and O–H groups in total. The number of nitrogens with one attached hydrogen (secondary N) is 1. The summed E-state index contributed by atoms with van der Waals surface area (Å²) in [4.78, 5) is 31.9. The predicted octanol–water partition coefficient (Wildman–Crippen LogP) is 4.46. The molecule has 7 heteroatoms. The van der Waals surface area contributed by atoms with Crippen molar-refractivity contribution in [3.8, 4) is 0 Å². The normalized spacial score (nSPS) is 22.7. The van der Waals surface area contributed by atoms with E-state index in [0.717, 1.165) is 45.7 Å². The summed E-state index contributed by atoms with van der Waals surface area (Å²) in [6, 6.07) is 8.82. The van der Waals surface area contributed by atoms with Crippen LogP contribution in [0, 0.1) is 0 Å². The van der Waals surface area contributed by atoms with E-state index in [1.165, 1.54) is 11.1 Å². The lowest BCUT2D eigenvalue weighted by atomic mass is 9.86. The number of piperazine rings is 1. The van der Waals surface area contributed by atoms with Gasteiger partial charge in [0, 0.05) is 44.8 Å². The summed E-state index contributed by atoms with van der Waals surface area (Å²) >= 11 is 1.79. The number of thioether (sulfide) groups is 1. The van der Waals surface area contributed by atoms with Gasteiger partial charge in [-0.1, -0.05) is 52.0 Å². The smallest absolute Gasteiger partial charge is 0.317 e. The van der Waals surface area contributed by atoms with Gasteiger partial charge in [0.05, 0.1) is 5.25 Å². The molecule has 2 heterocycles. The van der Waals surface area contributed by atoms with E-state index in [1.807, 2.05) is 25.7 Å². The molecule has 2 fully saturated rings. The lowest BCUT2D eigenvalue weighted by Crippen LogP contribution is -2.55. The van der Waals surface area contributed by atoms with E-state index < -0.39 is 0 Å². The predicted molar refractivity (Wildman–Crippen MR) is 138 cm³/mol. The Morgan fingerprint density at radius 1 is 1.00 bits per heavy atom. The molecule has 0 radical (unpaired) electrons. The number of rotatable bonds is 5. The Balaban J connectivity index is 1.59. The molecule has 0 spiro atoms. The van der Waals surface area contributed by atoms with Gasteiger partial charge in [0.25, 0.3) is 0 Å². The summed E-state index contributed by atoms with van der Waals surface area (Å²) in [5, 5.41) is 3.16. The molecule has 1 aromatic carbocycles. The Morgan fingerprint density at radius 2 is 1.61 bits per heavy atom. The van der Waals surface area contributed by atoms with Gasteiger partial charge in [-0.25, -0.2) is 4.79 Å². The van der Waals surface area contributed by atoms with Crippen LogP contribution >= 0.6 is 11.8 Å². The molecule has 3 rings (SSSR count). The first kappa shape index (κ1) is 25.9. The van der Waals surface area contributed by atoms with Crippen molar-refractivity contribution in [1.82, 2.24) is 20.0 Å². The van der Waals surface area contributed by atoms with Crippen molar-refractivity contribution < 1.29 is 9.59 Å². The summed E-state index contributed by atoms with van der Waals surface area (Å²) < 4.78 is 0. The molecule has 2 aliphatic heterocycles. The minimum absolute atomic E-state index is 0.0119. The SMILES string of the molecule is CC[C@H]1S[C@@H](c2ccc(C(C)(C)C)cc2)N(CCN2CCN(C(=O)NC(C)(C)C)CC2)C1=O. The minimum Gasteiger partial charge on any atom is -0.333 e. The minimum atomic E-state index is -0.224. The van der Waals surface area contributed by atoms with Crippen LogP contribution in [0.25, 0.3) is 0 Å². The number of carbonyl (C=O) groups is 2. The molecule has 0 bridgehead atoms. The first-order valence-corrected chi connectivity index (χ1v) is 13.2. The Morgan fingerprint density at radius 3 is 2.12 bits per heavy atom. The molecule has 3 amide bonds. The van der Waals surface area contributed by atoms with Gasteiger partial charge in [0.1, 0.15) is 5.37 Å². The van der Waals surface area contributed by atoms with Crippen molar-refractivity contribution >= 4 is 23.7 Å². The second-order valence-electron chi connectivity index (χ2n) is 11.3. The van der Waals surface area contributed by atoms with Crippen molar-refractivity contribution in [3.05, 3.63) is 35.4 Å². The maximum atomic E-state index is 13.1. The first-order chi connectivity index (χ1) is 15.4. The lowest BCUT2D eigenvalue weighted by Gasteiger charge is -2.37. The molecule has 2 saturated heterocycles. The van der Waals surface area contributed by atoms with E-state index in [4.69, 9.17) is 0 Å². The van der Waals surface area contributed by atoms with Gasteiger partial charge in [-0.05, 0) is 43.7 Å². The van der Waals surface area contributed by atoms with Crippen molar-refractivity contribution in [2.75, 3.05) is 39.3 Å². The highest BCUT2D eigenvalue weighted by Crippen LogP contribution is 2.44. The number of hydrogen-bond acceptors (Lipinski definition) is 4. The molecular formula is C26H42N4O2S. The summed E-state index contributed by atoms with van der Waals surface area (Å²) in [7, 11) is 0. The number of carbonyl (C=O) groups excluding carboxylic acids is 2. The fourth-order valence-electron chi connectivity index (χ4n) is 4.32. The first-order valence-electron chi connectivity index (χ1n) is 12.2. The average Bonchev–Trinajstić information content (AvgIpc) is 3.06. The summed E-state index contributed by atoms with van der Waals surface area (Å²) in [5.41, 5.74) is 2.42. The number of urea groups is 1. The molecular weight excluding hydrogens is 432 g/mol. The quantitative estimate of drug-likeness (QED) is 0.684. The third-order valence-corrected chi connectivity index (χ3v) is 8.01. The van der Waals surface area contributed by atoms with Crippen LogP contribution in [0.2, 0.25) is 0 Å². The van der Waals surface area contributed by atoms with Crippen molar-refractivity contribution in [3.63, 3.8) is 0 Å². The van der Waals surface area contributed by atoms with Crippen molar-refractivity contribution in [2.24, 2.45) is 0 Å². The third-order valence-electron chi connectivity index (χ3n) is 6.37. The lowest BCUT2D eigenvalue weighted by molar-refractivity contribution is -0.130.